The third-order valence-corrected chi connectivity index (χ3v) is 3.48. The Bertz CT molecular complexity index is 490. The molecule has 4 heteroatoms. The van der Waals surface area contributed by atoms with Crippen LogP contribution >= 0.6 is 34.8 Å². The van der Waals surface area contributed by atoms with Gasteiger partial charge in [0.15, 0.2) is 4.33 Å². The van der Waals surface area contributed by atoms with Gasteiger partial charge in [0.2, 0.25) is 0 Å². The number of hydrogen-bond acceptors (Lipinski definition) is 0. The summed E-state index contributed by atoms with van der Waals surface area (Å²) >= 11 is 18.4. The number of hydrogen-bond donors (Lipinski definition) is 0. The summed E-state index contributed by atoms with van der Waals surface area (Å²) in [6.07, 6.45) is 0. The minimum Gasteiger partial charge on any atom is -0.207 e. The van der Waals surface area contributed by atoms with Gasteiger partial charge < -0.3 is 0 Å². The average molecular weight is 290 g/mol. The van der Waals surface area contributed by atoms with Gasteiger partial charge in [0.05, 0.1) is 0 Å². The molecule has 0 bridgehead atoms. The van der Waals surface area contributed by atoms with Crippen LogP contribution in [0.4, 0.5) is 4.39 Å². The van der Waals surface area contributed by atoms with E-state index in [1.807, 2.05) is 0 Å². The van der Waals surface area contributed by atoms with Crippen molar-refractivity contribution in [2.75, 3.05) is 0 Å². The number of halogens is 4. The molecule has 0 radical (unpaired) electrons. The molecular weight excluding hydrogens is 282 g/mol. The fourth-order valence-corrected chi connectivity index (χ4v) is 2.19. The van der Waals surface area contributed by atoms with Crippen molar-refractivity contribution in [3.8, 4) is 0 Å². The largest absolute Gasteiger partial charge is 0.207 e. The van der Waals surface area contributed by atoms with Gasteiger partial charge >= 0.3 is 0 Å². The molecule has 0 unspecified atom stereocenters. The first-order chi connectivity index (χ1) is 8.00. The topological polar surface area (TPSA) is 0 Å². The first-order valence-electron chi connectivity index (χ1n) is 4.90. The molecule has 0 saturated heterocycles. The second kappa shape index (κ2) is 4.85. The molecule has 2 rings (SSSR count). The second-order valence-corrected chi connectivity index (χ2v) is 5.36. The van der Waals surface area contributed by atoms with E-state index in [1.165, 1.54) is 12.1 Å². The van der Waals surface area contributed by atoms with Gasteiger partial charge in [-0.25, -0.2) is 4.39 Å². The van der Waals surface area contributed by atoms with Crippen molar-refractivity contribution in [3.05, 3.63) is 70.5 Å². The summed E-state index contributed by atoms with van der Waals surface area (Å²) in [5.74, 6) is -0.379. The van der Waals surface area contributed by atoms with Gasteiger partial charge in [-0.1, -0.05) is 59.1 Å². The Morgan fingerprint density at radius 3 is 2.06 bits per heavy atom. The smallest absolute Gasteiger partial charge is 0.168 e. The van der Waals surface area contributed by atoms with Crippen LogP contribution in [0.25, 0.3) is 0 Å². The number of benzene rings is 2. The van der Waals surface area contributed by atoms with Crippen LogP contribution in [-0.4, -0.2) is 0 Å². The Hall–Kier alpha value is -0.760. The fourth-order valence-electron chi connectivity index (χ4n) is 1.53. The highest BCUT2D eigenvalue weighted by molar-refractivity contribution is 6.50. The van der Waals surface area contributed by atoms with Gasteiger partial charge in [-0.15, -0.1) is 0 Å². The van der Waals surface area contributed by atoms with Gasteiger partial charge in [0.1, 0.15) is 5.82 Å². The van der Waals surface area contributed by atoms with Crippen LogP contribution in [0.1, 0.15) is 11.1 Å². The van der Waals surface area contributed by atoms with E-state index < -0.39 is 4.33 Å². The molecule has 0 aliphatic heterocycles. The molecule has 2 aromatic rings. The highest BCUT2D eigenvalue weighted by Gasteiger charge is 2.29. The van der Waals surface area contributed by atoms with Crippen molar-refractivity contribution in [2.45, 2.75) is 4.33 Å². The third kappa shape index (κ3) is 2.74. The predicted molar refractivity (Wildman–Crippen MR) is 70.3 cm³/mol. The zero-order valence-corrected chi connectivity index (χ0v) is 10.9. The van der Waals surface area contributed by atoms with Crippen LogP contribution in [0.3, 0.4) is 0 Å². The molecule has 17 heavy (non-hydrogen) atoms. The summed E-state index contributed by atoms with van der Waals surface area (Å²) in [5, 5.41) is 0.532. The minimum absolute atomic E-state index is 0.379. The van der Waals surface area contributed by atoms with Crippen molar-refractivity contribution in [1.29, 1.82) is 0 Å². The Labute approximate surface area is 114 Å². The summed E-state index contributed by atoms with van der Waals surface area (Å²) in [4.78, 5) is 0. The lowest BCUT2D eigenvalue weighted by Crippen LogP contribution is -2.12. The lowest BCUT2D eigenvalue weighted by molar-refractivity contribution is 0.625. The Kier molecular flexibility index (Phi) is 3.62. The van der Waals surface area contributed by atoms with Crippen molar-refractivity contribution < 1.29 is 4.39 Å². The monoisotopic (exact) mass is 288 g/mol. The highest BCUT2D eigenvalue weighted by atomic mass is 35.5. The molecule has 0 amide bonds. The Morgan fingerprint density at radius 1 is 0.882 bits per heavy atom. The molecule has 0 saturated carbocycles. The molecule has 0 aliphatic rings. The molecule has 0 aromatic heterocycles. The lowest BCUT2D eigenvalue weighted by Gasteiger charge is -2.20. The molecule has 0 aliphatic carbocycles. The molecule has 0 N–H and O–H groups in total. The lowest BCUT2D eigenvalue weighted by atomic mass is 10.0. The van der Waals surface area contributed by atoms with E-state index in [9.17, 15) is 4.39 Å². The van der Waals surface area contributed by atoms with Gasteiger partial charge in [-0.05, 0) is 35.4 Å². The minimum atomic E-state index is -1.31. The molecule has 0 spiro atoms. The summed E-state index contributed by atoms with van der Waals surface area (Å²) < 4.78 is 11.8. The van der Waals surface area contributed by atoms with E-state index in [4.69, 9.17) is 34.8 Å². The zero-order valence-electron chi connectivity index (χ0n) is 8.63. The van der Waals surface area contributed by atoms with Gasteiger partial charge in [-0.3, -0.25) is 0 Å². The molecule has 0 nitrogen and oxygen atoms in total. The molecule has 2 aromatic carbocycles. The van der Waals surface area contributed by atoms with E-state index in [1.54, 1.807) is 36.4 Å². The van der Waals surface area contributed by atoms with Crippen LogP contribution in [0.15, 0.2) is 48.5 Å². The van der Waals surface area contributed by atoms with E-state index in [2.05, 4.69) is 0 Å². The average Bonchev–Trinajstić information content (AvgIpc) is 2.29. The normalized spacial score (nSPS) is 11.5. The van der Waals surface area contributed by atoms with Crippen LogP contribution in [0, 0.1) is 5.82 Å². The van der Waals surface area contributed by atoms with Gasteiger partial charge in [0.25, 0.3) is 0 Å². The molecular formula is C13H8Cl3F. The zero-order chi connectivity index (χ0) is 12.5. The molecule has 0 heterocycles. The van der Waals surface area contributed by atoms with Gasteiger partial charge in [-0.2, -0.15) is 0 Å². The van der Waals surface area contributed by atoms with Crippen LogP contribution in [-0.2, 0) is 4.33 Å². The maximum absolute atomic E-state index is 13.1. The van der Waals surface area contributed by atoms with E-state index in [0.717, 1.165) is 0 Å². The number of alkyl halides is 2. The summed E-state index contributed by atoms with van der Waals surface area (Å²) in [5.41, 5.74) is 1.09. The van der Waals surface area contributed by atoms with E-state index >= 15 is 0 Å². The third-order valence-electron chi connectivity index (χ3n) is 2.37. The first kappa shape index (κ1) is 12.7. The Morgan fingerprint density at radius 2 is 1.47 bits per heavy atom. The SMILES string of the molecule is Fc1cccc(C(Cl)(Cl)c2cccc(Cl)c2)c1. The van der Waals surface area contributed by atoms with Crippen LogP contribution < -0.4 is 0 Å². The second-order valence-electron chi connectivity index (χ2n) is 3.60. The quantitative estimate of drug-likeness (QED) is 0.670. The van der Waals surface area contributed by atoms with Gasteiger partial charge in [0, 0.05) is 5.02 Å². The molecule has 0 fully saturated rings. The molecule has 88 valence electrons. The standard InChI is InChI=1S/C13H8Cl3F/c14-11-5-1-3-9(7-11)13(15,16)10-4-2-6-12(17)8-10/h1-8H. The maximum Gasteiger partial charge on any atom is 0.168 e. The summed E-state index contributed by atoms with van der Waals surface area (Å²) in [6, 6.07) is 12.8. The molecule has 0 atom stereocenters. The van der Waals surface area contributed by atoms with Crippen molar-refractivity contribution >= 4 is 34.8 Å². The van der Waals surface area contributed by atoms with E-state index in [-0.39, 0.29) is 5.82 Å². The number of rotatable bonds is 2. The predicted octanol–water partition coefficient (Wildman–Crippen LogP) is 5.16. The summed E-state index contributed by atoms with van der Waals surface area (Å²) in [6.45, 7) is 0. The van der Waals surface area contributed by atoms with Crippen LogP contribution in [0.2, 0.25) is 5.02 Å². The van der Waals surface area contributed by atoms with Crippen molar-refractivity contribution in [3.63, 3.8) is 0 Å². The van der Waals surface area contributed by atoms with E-state index in [0.29, 0.717) is 16.1 Å². The Balaban J connectivity index is 2.49. The fraction of sp³-hybridized carbons (Fsp3) is 0.0769. The van der Waals surface area contributed by atoms with Crippen molar-refractivity contribution in [1.82, 2.24) is 0 Å². The summed E-state index contributed by atoms with van der Waals surface area (Å²) in [7, 11) is 0. The maximum atomic E-state index is 13.1. The first-order valence-corrected chi connectivity index (χ1v) is 6.03. The highest BCUT2D eigenvalue weighted by Crippen LogP contribution is 2.41. The van der Waals surface area contributed by atoms with Crippen LogP contribution in [0.5, 0.6) is 0 Å². The van der Waals surface area contributed by atoms with Crippen molar-refractivity contribution in [2.24, 2.45) is 0 Å².